The van der Waals surface area contributed by atoms with E-state index in [0.717, 1.165) is 0 Å². The number of ether oxygens (including phenoxy) is 2. The molecule has 0 heterocycles. The van der Waals surface area contributed by atoms with E-state index in [1.165, 1.54) is 32.6 Å². The molecule has 21 heavy (non-hydrogen) atoms. The van der Waals surface area contributed by atoms with Crippen molar-refractivity contribution in [3.8, 4) is 11.5 Å². The smallest absolute Gasteiger partial charge is 0.244 e. The number of rotatable bonds is 7. The van der Waals surface area contributed by atoms with Gasteiger partial charge in [0, 0.05) is 34.9 Å². The number of hydrogen-bond donors (Lipinski definition) is 2. The van der Waals surface area contributed by atoms with Crippen molar-refractivity contribution in [3.63, 3.8) is 0 Å². The largest absolute Gasteiger partial charge is 0.495 e. The fraction of sp³-hybridized carbons (Fsp3) is 0.500. The van der Waals surface area contributed by atoms with Gasteiger partial charge in [-0.2, -0.15) is 0 Å². The van der Waals surface area contributed by atoms with E-state index in [1.807, 2.05) is 0 Å². The van der Waals surface area contributed by atoms with Crippen LogP contribution in [0.4, 0.5) is 5.69 Å². The van der Waals surface area contributed by atoms with E-state index >= 15 is 0 Å². The van der Waals surface area contributed by atoms with Gasteiger partial charge in [-0.15, -0.1) is 0 Å². The lowest BCUT2D eigenvalue weighted by molar-refractivity contribution is 0.387. The number of nitrogen functional groups attached to an aromatic ring is 1. The zero-order chi connectivity index (χ0) is 16.2. The summed E-state index contributed by atoms with van der Waals surface area (Å²) in [7, 11) is -2.16. The van der Waals surface area contributed by atoms with Gasteiger partial charge in [-0.3, -0.25) is 4.21 Å². The van der Waals surface area contributed by atoms with Crippen LogP contribution in [-0.2, 0) is 20.8 Å². The van der Waals surface area contributed by atoms with Gasteiger partial charge in [-0.25, -0.2) is 13.1 Å². The van der Waals surface area contributed by atoms with Crippen LogP contribution in [0.3, 0.4) is 0 Å². The second kappa shape index (κ2) is 7.10. The lowest BCUT2D eigenvalue weighted by Gasteiger charge is -2.15. The summed E-state index contributed by atoms with van der Waals surface area (Å²) in [5.41, 5.74) is 5.92. The van der Waals surface area contributed by atoms with E-state index in [1.54, 1.807) is 6.92 Å². The Morgan fingerprint density at radius 1 is 1.29 bits per heavy atom. The van der Waals surface area contributed by atoms with Gasteiger partial charge in [-0.1, -0.05) is 0 Å². The van der Waals surface area contributed by atoms with E-state index in [4.69, 9.17) is 15.2 Å². The van der Waals surface area contributed by atoms with Crippen LogP contribution in [0.25, 0.3) is 0 Å². The van der Waals surface area contributed by atoms with Crippen molar-refractivity contribution in [2.75, 3.05) is 32.8 Å². The number of nitrogens with one attached hydrogen (secondary N) is 1. The third-order valence-corrected chi connectivity index (χ3v) is 5.68. The summed E-state index contributed by atoms with van der Waals surface area (Å²) in [6.45, 7) is 1.75. The molecule has 2 atom stereocenters. The van der Waals surface area contributed by atoms with E-state index in [0.29, 0.717) is 5.75 Å². The lowest BCUT2D eigenvalue weighted by Crippen LogP contribution is -2.32. The standard InChI is InChI=1S/C12H20N2O5S2/c1-8(20(4)15)7-14-21(16,17)12-5-9(13)10(18-2)6-11(12)19-3/h5-6,8,14H,7,13H2,1-4H3. The minimum Gasteiger partial charge on any atom is -0.495 e. The van der Waals surface area contributed by atoms with E-state index < -0.39 is 20.8 Å². The Balaban J connectivity index is 3.13. The SMILES string of the molecule is COc1cc(OC)c(S(=O)(=O)NCC(C)S(C)=O)cc1N. The number of sulfonamides is 1. The summed E-state index contributed by atoms with van der Waals surface area (Å²) < 4.78 is 48.4. The molecule has 0 radical (unpaired) electrons. The van der Waals surface area contributed by atoms with Crippen molar-refractivity contribution in [2.45, 2.75) is 17.1 Å². The highest BCUT2D eigenvalue weighted by Crippen LogP contribution is 2.33. The Kier molecular flexibility index (Phi) is 5.99. The number of anilines is 1. The highest BCUT2D eigenvalue weighted by atomic mass is 32.2. The van der Waals surface area contributed by atoms with Crippen LogP contribution in [0.2, 0.25) is 0 Å². The molecule has 3 N–H and O–H groups in total. The zero-order valence-corrected chi connectivity index (χ0v) is 14.0. The molecule has 0 aliphatic heterocycles. The van der Waals surface area contributed by atoms with Gasteiger partial charge in [0.15, 0.2) is 0 Å². The molecule has 1 aromatic carbocycles. The molecule has 0 spiro atoms. The highest BCUT2D eigenvalue weighted by Gasteiger charge is 2.23. The van der Waals surface area contributed by atoms with Crippen LogP contribution in [0, 0.1) is 0 Å². The predicted molar refractivity (Wildman–Crippen MR) is 82.7 cm³/mol. The number of benzene rings is 1. The van der Waals surface area contributed by atoms with Crippen molar-refractivity contribution in [1.82, 2.24) is 4.72 Å². The summed E-state index contributed by atoms with van der Waals surface area (Å²) in [5, 5.41) is -0.304. The summed E-state index contributed by atoms with van der Waals surface area (Å²) in [5.74, 6) is 0.452. The Morgan fingerprint density at radius 2 is 1.86 bits per heavy atom. The average molecular weight is 336 g/mol. The van der Waals surface area contributed by atoms with Crippen molar-refractivity contribution >= 4 is 26.5 Å². The monoisotopic (exact) mass is 336 g/mol. The summed E-state index contributed by atoms with van der Waals surface area (Å²) in [4.78, 5) is -0.0858. The Hall–Kier alpha value is -1.32. The van der Waals surface area contributed by atoms with Gasteiger partial charge >= 0.3 is 0 Å². The maximum absolute atomic E-state index is 12.3. The minimum absolute atomic E-state index is 0.0561. The zero-order valence-electron chi connectivity index (χ0n) is 12.4. The summed E-state index contributed by atoms with van der Waals surface area (Å²) >= 11 is 0. The van der Waals surface area contributed by atoms with Gasteiger partial charge in [0.25, 0.3) is 0 Å². The first-order valence-corrected chi connectivity index (χ1v) is 9.16. The second-order valence-electron chi connectivity index (χ2n) is 4.41. The van der Waals surface area contributed by atoms with Crippen molar-refractivity contribution in [2.24, 2.45) is 0 Å². The Bertz CT molecular complexity index is 631. The molecule has 0 bridgehead atoms. The summed E-state index contributed by atoms with van der Waals surface area (Å²) in [6.07, 6.45) is 1.52. The van der Waals surface area contributed by atoms with Crippen LogP contribution < -0.4 is 19.9 Å². The molecule has 120 valence electrons. The van der Waals surface area contributed by atoms with Crippen LogP contribution in [0.5, 0.6) is 11.5 Å². The molecular formula is C12H20N2O5S2. The number of hydrogen-bond acceptors (Lipinski definition) is 6. The first-order valence-electron chi connectivity index (χ1n) is 6.06. The molecule has 2 unspecified atom stereocenters. The Morgan fingerprint density at radius 3 is 2.33 bits per heavy atom. The molecule has 0 aliphatic carbocycles. The predicted octanol–water partition coefficient (Wildman–Crippen LogP) is 0.331. The van der Waals surface area contributed by atoms with Crippen LogP contribution in [0.15, 0.2) is 17.0 Å². The number of nitrogens with two attached hydrogens (primary N) is 1. The highest BCUT2D eigenvalue weighted by molar-refractivity contribution is 7.89. The van der Waals surface area contributed by atoms with Crippen LogP contribution >= 0.6 is 0 Å². The molecule has 0 aromatic heterocycles. The van der Waals surface area contributed by atoms with Gasteiger partial charge in [0.2, 0.25) is 10.0 Å². The van der Waals surface area contributed by atoms with Gasteiger partial charge < -0.3 is 15.2 Å². The number of methoxy groups -OCH3 is 2. The van der Waals surface area contributed by atoms with Crippen LogP contribution in [-0.4, -0.2) is 44.9 Å². The van der Waals surface area contributed by atoms with Crippen LogP contribution in [0.1, 0.15) is 6.92 Å². The van der Waals surface area contributed by atoms with E-state index in [-0.39, 0.29) is 28.1 Å². The normalized spacial score (nSPS) is 14.5. The molecule has 0 fully saturated rings. The lowest BCUT2D eigenvalue weighted by atomic mass is 10.3. The first-order chi connectivity index (χ1) is 9.72. The van der Waals surface area contributed by atoms with Crippen molar-refractivity contribution < 1.29 is 22.1 Å². The van der Waals surface area contributed by atoms with Gasteiger partial charge in [0.05, 0.1) is 19.9 Å². The molecule has 1 rings (SSSR count). The van der Waals surface area contributed by atoms with Crippen molar-refractivity contribution in [1.29, 1.82) is 0 Å². The molecule has 0 saturated carbocycles. The third kappa shape index (κ3) is 4.32. The van der Waals surface area contributed by atoms with E-state index in [2.05, 4.69) is 4.72 Å². The van der Waals surface area contributed by atoms with E-state index in [9.17, 15) is 12.6 Å². The molecule has 9 heteroatoms. The second-order valence-corrected chi connectivity index (χ2v) is 7.94. The molecular weight excluding hydrogens is 316 g/mol. The molecule has 0 aliphatic rings. The third-order valence-electron chi connectivity index (χ3n) is 2.93. The van der Waals surface area contributed by atoms with Crippen molar-refractivity contribution in [3.05, 3.63) is 12.1 Å². The minimum atomic E-state index is -3.82. The molecule has 0 saturated heterocycles. The fourth-order valence-corrected chi connectivity index (χ4v) is 3.26. The molecule has 1 aromatic rings. The first kappa shape index (κ1) is 17.7. The average Bonchev–Trinajstić information content (AvgIpc) is 2.44. The fourth-order valence-electron chi connectivity index (χ4n) is 1.53. The quantitative estimate of drug-likeness (QED) is 0.695. The molecule has 7 nitrogen and oxygen atoms in total. The summed E-state index contributed by atoms with van der Waals surface area (Å²) in [6, 6.07) is 2.68. The van der Waals surface area contributed by atoms with Gasteiger partial charge in [-0.05, 0) is 13.0 Å². The Labute approximate surface area is 127 Å². The maximum Gasteiger partial charge on any atom is 0.244 e. The maximum atomic E-state index is 12.3. The van der Waals surface area contributed by atoms with Gasteiger partial charge in [0.1, 0.15) is 16.4 Å². The topological polar surface area (TPSA) is 108 Å². The molecule has 0 amide bonds.